The van der Waals surface area contributed by atoms with Crippen LogP contribution in [-0.2, 0) is 10.0 Å². The summed E-state index contributed by atoms with van der Waals surface area (Å²) in [6.45, 7) is 3.85. The molecule has 0 saturated heterocycles. The van der Waals surface area contributed by atoms with Crippen molar-refractivity contribution in [2.75, 3.05) is 11.0 Å². The van der Waals surface area contributed by atoms with Crippen LogP contribution in [0.15, 0.2) is 18.2 Å². The summed E-state index contributed by atoms with van der Waals surface area (Å²) >= 11 is 0. The number of non-ortho nitro benzene ring substituents is 1. The average molecular weight is 302 g/mol. The SMILES string of the molecule is CCC(CC)Oc1cc([N+](=O)[O-])ccc1NS(C)(=O)=O. The van der Waals surface area contributed by atoms with Crippen molar-refractivity contribution in [3.05, 3.63) is 28.3 Å². The third-order valence-corrected chi connectivity index (χ3v) is 3.27. The normalized spacial score (nSPS) is 11.4. The molecule has 0 aliphatic rings. The van der Waals surface area contributed by atoms with E-state index in [1.54, 1.807) is 0 Å². The number of hydrogen-bond donors (Lipinski definition) is 1. The third kappa shape index (κ3) is 4.69. The number of nitro groups is 1. The smallest absolute Gasteiger partial charge is 0.273 e. The Kier molecular flexibility index (Phi) is 5.32. The number of nitrogens with one attached hydrogen (secondary N) is 1. The molecule has 1 aromatic carbocycles. The Hall–Kier alpha value is -1.83. The maximum atomic E-state index is 11.3. The summed E-state index contributed by atoms with van der Waals surface area (Å²) in [5, 5.41) is 10.8. The molecule has 8 heteroatoms. The third-order valence-electron chi connectivity index (χ3n) is 2.68. The fourth-order valence-electron chi connectivity index (χ4n) is 1.64. The highest BCUT2D eigenvalue weighted by atomic mass is 32.2. The van der Waals surface area contributed by atoms with Crippen molar-refractivity contribution >= 4 is 21.4 Å². The van der Waals surface area contributed by atoms with Crippen molar-refractivity contribution in [3.8, 4) is 5.75 Å². The molecular formula is C12H18N2O5S. The maximum absolute atomic E-state index is 11.3. The molecule has 0 aliphatic heterocycles. The van der Waals surface area contributed by atoms with Gasteiger partial charge in [0.05, 0.1) is 29.0 Å². The topological polar surface area (TPSA) is 98.5 Å². The van der Waals surface area contributed by atoms with E-state index in [2.05, 4.69) is 4.72 Å². The lowest BCUT2D eigenvalue weighted by Gasteiger charge is -2.18. The first-order valence-electron chi connectivity index (χ1n) is 6.19. The van der Waals surface area contributed by atoms with E-state index in [0.29, 0.717) is 0 Å². The van der Waals surface area contributed by atoms with Gasteiger partial charge in [-0.15, -0.1) is 0 Å². The number of ether oxygens (including phenoxy) is 1. The number of nitrogens with zero attached hydrogens (tertiary/aromatic N) is 1. The molecule has 1 N–H and O–H groups in total. The fourth-order valence-corrected chi connectivity index (χ4v) is 2.21. The van der Waals surface area contributed by atoms with Crippen LogP contribution in [0.3, 0.4) is 0 Å². The molecule has 0 aliphatic carbocycles. The predicted octanol–water partition coefficient (Wildman–Crippen LogP) is 2.53. The Balaban J connectivity index is 3.18. The number of benzene rings is 1. The highest BCUT2D eigenvalue weighted by molar-refractivity contribution is 7.92. The van der Waals surface area contributed by atoms with E-state index < -0.39 is 14.9 Å². The Morgan fingerprint density at radius 3 is 2.40 bits per heavy atom. The number of anilines is 1. The molecule has 0 radical (unpaired) electrons. The van der Waals surface area contributed by atoms with Crippen LogP contribution < -0.4 is 9.46 Å². The van der Waals surface area contributed by atoms with Gasteiger partial charge in [0.1, 0.15) is 0 Å². The van der Waals surface area contributed by atoms with Crippen LogP contribution in [0.2, 0.25) is 0 Å². The molecule has 1 rings (SSSR count). The van der Waals surface area contributed by atoms with E-state index in [-0.39, 0.29) is 23.2 Å². The molecule has 7 nitrogen and oxygen atoms in total. The molecule has 0 aromatic heterocycles. The Bertz CT molecular complexity index is 582. The Morgan fingerprint density at radius 1 is 1.35 bits per heavy atom. The van der Waals surface area contributed by atoms with Crippen molar-refractivity contribution in [2.45, 2.75) is 32.8 Å². The van der Waals surface area contributed by atoms with Crippen LogP contribution in [0.1, 0.15) is 26.7 Å². The zero-order chi connectivity index (χ0) is 15.3. The van der Waals surface area contributed by atoms with Crippen LogP contribution in [0, 0.1) is 10.1 Å². The second kappa shape index (κ2) is 6.56. The van der Waals surface area contributed by atoms with Gasteiger partial charge in [-0.2, -0.15) is 0 Å². The van der Waals surface area contributed by atoms with Crippen LogP contribution in [-0.4, -0.2) is 25.7 Å². The first kappa shape index (κ1) is 16.2. The van der Waals surface area contributed by atoms with Gasteiger partial charge in [0, 0.05) is 6.07 Å². The van der Waals surface area contributed by atoms with Gasteiger partial charge >= 0.3 is 0 Å². The standard InChI is InChI=1S/C12H18N2O5S/c1-4-10(5-2)19-12-8-9(14(15)16)6-7-11(12)13-20(3,17)18/h6-8,10,13H,4-5H2,1-3H3. The van der Waals surface area contributed by atoms with E-state index in [1.165, 1.54) is 18.2 Å². The summed E-state index contributed by atoms with van der Waals surface area (Å²) in [6, 6.07) is 3.79. The van der Waals surface area contributed by atoms with Crippen LogP contribution >= 0.6 is 0 Å². The highest BCUT2D eigenvalue weighted by Gasteiger charge is 2.17. The van der Waals surface area contributed by atoms with Crippen LogP contribution in [0.5, 0.6) is 5.75 Å². The molecular weight excluding hydrogens is 284 g/mol. The van der Waals surface area contributed by atoms with Gasteiger partial charge in [0.15, 0.2) is 5.75 Å². The molecule has 0 amide bonds. The molecule has 0 heterocycles. The van der Waals surface area contributed by atoms with E-state index in [4.69, 9.17) is 4.74 Å². The highest BCUT2D eigenvalue weighted by Crippen LogP contribution is 2.31. The van der Waals surface area contributed by atoms with Gasteiger partial charge < -0.3 is 4.74 Å². The van der Waals surface area contributed by atoms with Crippen molar-refractivity contribution in [1.82, 2.24) is 0 Å². The number of sulfonamides is 1. The van der Waals surface area contributed by atoms with Gasteiger partial charge in [-0.05, 0) is 18.9 Å². The summed E-state index contributed by atoms with van der Waals surface area (Å²) < 4.78 is 30.5. The minimum atomic E-state index is -3.48. The quantitative estimate of drug-likeness (QED) is 0.616. The van der Waals surface area contributed by atoms with Gasteiger partial charge in [-0.25, -0.2) is 8.42 Å². The average Bonchev–Trinajstić information content (AvgIpc) is 2.35. The zero-order valence-corrected chi connectivity index (χ0v) is 12.4. The molecule has 0 spiro atoms. The maximum Gasteiger partial charge on any atom is 0.273 e. The summed E-state index contributed by atoms with van der Waals surface area (Å²) in [6.07, 6.45) is 2.32. The monoisotopic (exact) mass is 302 g/mol. The van der Waals surface area contributed by atoms with Gasteiger partial charge in [-0.1, -0.05) is 13.8 Å². The Labute approximate surface area is 118 Å². The summed E-state index contributed by atoms with van der Waals surface area (Å²) in [4.78, 5) is 10.2. The van der Waals surface area contributed by atoms with Crippen LogP contribution in [0.25, 0.3) is 0 Å². The van der Waals surface area contributed by atoms with Crippen LogP contribution in [0.4, 0.5) is 11.4 Å². The summed E-state index contributed by atoms with van der Waals surface area (Å²) in [5.41, 5.74) is 0.0509. The fraction of sp³-hybridized carbons (Fsp3) is 0.500. The number of hydrogen-bond acceptors (Lipinski definition) is 5. The molecule has 0 atom stereocenters. The minimum Gasteiger partial charge on any atom is -0.488 e. The molecule has 112 valence electrons. The van der Waals surface area contributed by atoms with E-state index in [0.717, 1.165) is 19.1 Å². The molecule has 0 bridgehead atoms. The van der Waals surface area contributed by atoms with E-state index in [9.17, 15) is 18.5 Å². The minimum absolute atomic E-state index is 0.128. The first-order chi connectivity index (χ1) is 9.26. The summed E-state index contributed by atoms with van der Waals surface area (Å²) in [5.74, 6) is 0.165. The van der Waals surface area contributed by atoms with Crippen molar-refractivity contribution in [3.63, 3.8) is 0 Å². The molecule has 0 fully saturated rings. The zero-order valence-electron chi connectivity index (χ0n) is 11.6. The second-order valence-electron chi connectivity index (χ2n) is 4.37. The molecule has 1 aromatic rings. The molecule has 0 saturated carbocycles. The van der Waals surface area contributed by atoms with Crippen molar-refractivity contribution in [2.24, 2.45) is 0 Å². The lowest BCUT2D eigenvalue weighted by atomic mass is 10.2. The lowest BCUT2D eigenvalue weighted by molar-refractivity contribution is -0.384. The Morgan fingerprint density at radius 2 is 1.95 bits per heavy atom. The first-order valence-corrected chi connectivity index (χ1v) is 8.08. The van der Waals surface area contributed by atoms with Gasteiger partial charge in [0.2, 0.25) is 10.0 Å². The van der Waals surface area contributed by atoms with Gasteiger partial charge in [-0.3, -0.25) is 14.8 Å². The molecule has 0 unspecified atom stereocenters. The van der Waals surface area contributed by atoms with E-state index in [1.807, 2.05) is 13.8 Å². The molecule has 20 heavy (non-hydrogen) atoms. The van der Waals surface area contributed by atoms with Gasteiger partial charge in [0.25, 0.3) is 5.69 Å². The summed E-state index contributed by atoms with van der Waals surface area (Å²) in [7, 11) is -3.48. The van der Waals surface area contributed by atoms with E-state index >= 15 is 0 Å². The predicted molar refractivity (Wildman–Crippen MR) is 76.6 cm³/mol. The number of nitro benzene ring substituents is 1. The lowest BCUT2D eigenvalue weighted by Crippen LogP contribution is -2.16. The second-order valence-corrected chi connectivity index (χ2v) is 6.12. The largest absolute Gasteiger partial charge is 0.488 e. The van der Waals surface area contributed by atoms with Crippen molar-refractivity contribution < 1.29 is 18.1 Å². The number of rotatable bonds is 7. The van der Waals surface area contributed by atoms with Crippen molar-refractivity contribution in [1.29, 1.82) is 0 Å².